The van der Waals surface area contributed by atoms with Crippen molar-refractivity contribution >= 4 is 11.9 Å². The minimum absolute atomic E-state index is 0.0708. The van der Waals surface area contributed by atoms with Crippen LogP contribution in [0.15, 0.2) is 42.5 Å². The Balaban J connectivity index is 2.08. The first kappa shape index (κ1) is 20.2. The Morgan fingerprint density at radius 2 is 1.78 bits per heavy atom. The molecule has 0 heterocycles. The van der Waals surface area contributed by atoms with Crippen molar-refractivity contribution in [1.29, 1.82) is 0 Å². The molecule has 1 N–H and O–H groups in total. The lowest BCUT2D eigenvalue weighted by Gasteiger charge is -2.22. The van der Waals surface area contributed by atoms with Crippen LogP contribution in [-0.2, 0) is 16.1 Å². The Bertz CT molecular complexity index is 812. The van der Waals surface area contributed by atoms with Gasteiger partial charge in [0.2, 0.25) is 0 Å². The van der Waals surface area contributed by atoms with Crippen LogP contribution in [0, 0.1) is 11.6 Å². The smallest absolute Gasteiger partial charge is 0.305 e. The number of carboxylic acids is 1. The van der Waals surface area contributed by atoms with E-state index in [2.05, 4.69) is 0 Å². The first-order chi connectivity index (χ1) is 12.9. The molecule has 0 radical (unpaired) electrons. The predicted molar refractivity (Wildman–Crippen MR) is 92.5 cm³/mol. The van der Waals surface area contributed by atoms with Crippen molar-refractivity contribution in [2.75, 3.05) is 20.3 Å². The quantitative estimate of drug-likeness (QED) is 0.725. The number of ether oxygens (including phenoxy) is 2. The Labute approximate surface area is 154 Å². The maximum atomic E-state index is 13.4. The molecule has 0 saturated carbocycles. The molecule has 0 aromatic heterocycles. The fourth-order valence-corrected chi connectivity index (χ4v) is 2.35. The van der Waals surface area contributed by atoms with Crippen LogP contribution in [0.3, 0.4) is 0 Å². The number of amides is 1. The molecule has 2 aromatic carbocycles. The van der Waals surface area contributed by atoms with Crippen LogP contribution in [0.4, 0.5) is 8.78 Å². The van der Waals surface area contributed by atoms with E-state index in [1.807, 2.05) is 0 Å². The number of para-hydroxylation sites is 2. The van der Waals surface area contributed by atoms with E-state index in [0.29, 0.717) is 17.1 Å². The van der Waals surface area contributed by atoms with Gasteiger partial charge in [0.15, 0.2) is 29.7 Å². The lowest BCUT2D eigenvalue weighted by atomic mass is 10.2. The monoisotopic (exact) mass is 379 g/mol. The Morgan fingerprint density at radius 3 is 2.41 bits per heavy atom. The van der Waals surface area contributed by atoms with Crippen LogP contribution in [0.5, 0.6) is 11.5 Å². The number of rotatable bonds is 9. The fourth-order valence-electron chi connectivity index (χ4n) is 2.35. The average Bonchev–Trinajstić information content (AvgIpc) is 2.66. The second-order valence-electron chi connectivity index (χ2n) is 5.65. The van der Waals surface area contributed by atoms with Crippen molar-refractivity contribution in [3.8, 4) is 11.5 Å². The van der Waals surface area contributed by atoms with Gasteiger partial charge in [-0.25, -0.2) is 8.78 Å². The molecule has 1 amide bonds. The van der Waals surface area contributed by atoms with Crippen LogP contribution in [0.2, 0.25) is 0 Å². The number of carbonyl (C=O) groups excluding carboxylic acids is 1. The molecule has 0 saturated heterocycles. The van der Waals surface area contributed by atoms with Crippen LogP contribution in [-0.4, -0.2) is 42.1 Å². The molecular weight excluding hydrogens is 360 g/mol. The molecule has 0 aliphatic carbocycles. The summed E-state index contributed by atoms with van der Waals surface area (Å²) in [6, 6.07) is 10.0. The maximum Gasteiger partial charge on any atom is 0.305 e. The molecule has 144 valence electrons. The lowest BCUT2D eigenvalue weighted by molar-refractivity contribution is -0.139. The predicted octanol–water partition coefficient (Wildman–Crippen LogP) is 2.86. The molecule has 0 spiro atoms. The highest BCUT2D eigenvalue weighted by molar-refractivity contribution is 5.78. The largest absolute Gasteiger partial charge is 0.493 e. The van der Waals surface area contributed by atoms with Crippen LogP contribution in [0.25, 0.3) is 0 Å². The normalized spacial score (nSPS) is 10.3. The summed E-state index contributed by atoms with van der Waals surface area (Å²) in [5.74, 6) is -2.80. The van der Waals surface area contributed by atoms with Crippen LogP contribution < -0.4 is 9.47 Å². The number of carboxylic acid groups (broad SMARTS) is 1. The number of carbonyl (C=O) groups is 2. The van der Waals surface area contributed by atoms with Gasteiger partial charge in [-0.1, -0.05) is 18.2 Å². The Morgan fingerprint density at radius 1 is 1.07 bits per heavy atom. The summed E-state index contributed by atoms with van der Waals surface area (Å²) in [5.41, 5.74) is 0.338. The van der Waals surface area contributed by atoms with E-state index in [9.17, 15) is 18.4 Å². The third-order valence-electron chi connectivity index (χ3n) is 3.73. The summed E-state index contributed by atoms with van der Waals surface area (Å²) in [4.78, 5) is 24.5. The van der Waals surface area contributed by atoms with Gasteiger partial charge in [-0.2, -0.15) is 0 Å². The highest BCUT2D eigenvalue weighted by atomic mass is 19.2. The van der Waals surface area contributed by atoms with E-state index in [-0.39, 0.29) is 26.1 Å². The summed E-state index contributed by atoms with van der Waals surface area (Å²) in [6.07, 6.45) is -0.288. The van der Waals surface area contributed by atoms with E-state index < -0.39 is 23.5 Å². The number of methoxy groups -OCH3 is 1. The Hall–Kier alpha value is -3.16. The molecular formula is C19H19F2NO5. The number of nitrogens with zero attached hydrogens (tertiary/aromatic N) is 1. The molecule has 0 fully saturated rings. The molecule has 0 aliphatic rings. The minimum atomic E-state index is -1.08. The van der Waals surface area contributed by atoms with Crippen LogP contribution in [0.1, 0.15) is 12.0 Å². The van der Waals surface area contributed by atoms with Crippen molar-refractivity contribution in [1.82, 2.24) is 4.90 Å². The Kier molecular flexibility index (Phi) is 7.10. The SMILES string of the molecule is COc1ccccc1OCC(=O)N(CCC(=O)O)Cc1ccc(F)c(F)c1. The zero-order chi connectivity index (χ0) is 19.8. The molecule has 2 aromatic rings. The minimum Gasteiger partial charge on any atom is -0.493 e. The van der Waals surface area contributed by atoms with Gasteiger partial charge < -0.3 is 19.5 Å². The number of halogens is 2. The molecule has 27 heavy (non-hydrogen) atoms. The van der Waals surface area contributed by atoms with Crippen molar-refractivity contribution in [2.24, 2.45) is 0 Å². The van der Waals surface area contributed by atoms with E-state index >= 15 is 0 Å². The van der Waals surface area contributed by atoms with Gasteiger partial charge in [0.1, 0.15) is 0 Å². The third-order valence-corrected chi connectivity index (χ3v) is 3.73. The van der Waals surface area contributed by atoms with Gasteiger partial charge in [0, 0.05) is 13.1 Å². The number of aliphatic carboxylic acids is 1. The molecule has 0 unspecified atom stereocenters. The maximum absolute atomic E-state index is 13.4. The highest BCUT2D eigenvalue weighted by Gasteiger charge is 2.18. The van der Waals surface area contributed by atoms with Gasteiger partial charge in [0.25, 0.3) is 5.91 Å². The first-order valence-electron chi connectivity index (χ1n) is 8.10. The average molecular weight is 379 g/mol. The van der Waals surface area contributed by atoms with Gasteiger partial charge in [0.05, 0.1) is 13.5 Å². The molecule has 0 aliphatic heterocycles. The summed E-state index contributed by atoms with van der Waals surface area (Å²) in [7, 11) is 1.46. The van der Waals surface area contributed by atoms with Crippen molar-refractivity contribution in [3.63, 3.8) is 0 Å². The van der Waals surface area contributed by atoms with Crippen molar-refractivity contribution in [3.05, 3.63) is 59.7 Å². The lowest BCUT2D eigenvalue weighted by Crippen LogP contribution is -2.36. The second-order valence-corrected chi connectivity index (χ2v) is 5.65. The summed E-state index contributed by atoms with van der Waals surface area (Å²) < 4.78 is 37.0. The second kappa shape index (κ2) is 9.51. The molecule has 0 atom stereocenters. The van der Waals surface area contributed by atoms with Crippen molar-refractivity contribution < 1.29 is 33.0 Å². The molecule has 0 bridgehead atoms. The highest BCUT2D eigenvalue weighted by Crippen LogP contribution is 2.25. The molecule has 8 heteroatoms. The molecule has 2 rings (SSSR count). The first-order valence-corrected chi connectivity index (χ1v) is 8.10. The summed E-state index contributed by atoms with van der Waals surface area (Å²) >= 11 is 0. The zero-order valence-electron chi connectivity index (χ0n) is 14.7. The van der Waals surface area contributed by atoms with Gasteiger partial charge in [-0.3, -0.25) is 9.59 Å². The molecule has 6 nitrogen and oxygen atoms in total. The van der Waals surface area contributed by atoms with Gasteiger partial charge in [-0.15, -0.1) is 0 Å². The van der Waals surface area contributed by atoms with E-state index in [4.69, 9.17) is 14.6 Å². The topological polar surface area (TPSA) is 76.1 Å². The number of hydrogen-bond donors (Lipinski definition) is 1. The third kappa shape index (κ3) is 5.95. The van der Waals surface area contributed by atoms with E-state index in [0.717, 1.165) is 12.1 Å². The zero-order valence-corrected chi connectivity index (χ0v) is 14.7. The van der Waals surface area contributed by atoms with Crippen LogP contribution >= 0.6 is 0 Å². The number of hydrogen-bond acceptors (Lipinski definition) is 4. The van der Waals surface area contributed by atoms with Crippen molar-refractivity contribution in [2.45, 2.75) is 13.0 Å². The van der Waals surface area contributed by atoms with E-state index in [1.54, 1.807) is 24.3 Å². The summed E-state index contributed by atoms with van der Waals surface area (Å²) in [5, 5.41) is 8.87. The fraction of sp³-hybridized carbons (Fsp3) is 0.263. The summed E-state index contributed by atoms with van der Waals surface area (Å²) in [6.45, 7) is -0.523. The van der Waals surface area contributed by atoms with E-state index in [1.165, 1.54) is 18.1 Å². The standard InChI is InChI=1S/C19H19F2NO5/c1-26-16-4-2-3-5-17(16)27-12-18(23)22(9-8-19(24)25)11-13-6-7-14(20)15(21)10-13/h2-7,10H,8-9,11-12H2,1H3,(H,24,25). The van der Waals surface area contributed by atoms with Gasteiger partial charge >= 0.3 is 5.97 Å². The number of benzene rings is 2. The van der Waals surface area contributed by atoms with Gasteiger partial charge in [-0.05, 0) is 29.8 Å².